The molecule has 1 amide bonds. The lowest BCUT2D eigenvalue weighted by molar-refractivity contribution is -0.385. The van der Waals surface area contributed by atoms with Gasteiger partial charge >= 0.3 is 5.97 Å². The van der Waals surface area contributed by atoms with Crippen LogP contribution in [0.4, 0.5) is 11.4 Å². The molecule has 162 valence electrons. The molecular formula is C22H24N4O5. The highest BCUT2D eigenvalue weighted by Gasteiger charge is 2.18. The summed E-state index contributed by atoms with van der Waals surface area (Å²) in [6, 6.07) is 7.97. The summed E-state index contributed by atoms with van der Waals surface area (Å²) < 4.78 is 7.06. The van der Waals surface area contributed by atoms with Crippen LogP contribution in [-0.2, 0) is 20.9 Å². The Morgan fingerprint density at radius 3 is 2.65 bits per heavy atom. The van der Waals surface area contributed by atoms with Gasteiger partial charge in [0.15, 0.2) is 6.61 Å². The summed E-state index contributed by atoms with van der Waals surface area (Å²) in [5.41, 5.74) is 2.85. The van der Waals surface area contributed by atoms with Crippen molar-refractivity contribution < 1.29 is 19.2 Å². The molecule has 9 heteroatoms. The number of rotatable bonds is 8. The molecule has 0 fully saturated rings. The van der Waals surface area contributed by atoms with Crippen molar-refractivity contribution in [2.75, 3.05) is 11.9 Å². The largest absolute Gasteiger partial charge is 0.451 e. The van der Waals surface area contributed by atoms with Gasteiger partial charge in [-0.3, -0.25) is 14.9 Å². The zero-order chi connectivity index (χ0) is 23.1. The average molecular weight is 424 g/mol. The average Bonchev–Trinajstić information content (AvgIpc) is 2.99. The van der Waals surface area contributed by atoms with Crippen molar-refractivity contribution in [2.24, 2.45) is 0 Å². The summed E-state index contributed by atoms with van der Waals surface area (Å²) in [4.78, 5) is 34.9. The van der Waals surface area contributed by atoms with Gasteiger partial charge in [-0.25, -0.2) is 4.79 Å². The number of esters is 1. The van der Waals surface area contributed by atoms with Crippen LogP contribution >= 0.6 is 0 Å². The first kappa shape index (κ1) is 23.3. The Morgan fingerprint density at radius 1 is 1.32 bits per heavy atom. The highest BCUT2D eigenvalue weighted by molar-refractivity contribution is 6.00. The second-order valence-electron chi connectivity index (χ2n) is 6.98. The van der Waals surface area contributed by atoms with Crippen molar-refractivity contribution in [1.82, 2.24) is 4.57 Å². The third-order valence-electron chi connectivity index (χ3n) is 4.81. The van der Waals surface area contributed by atoms with E-state index in [0.717, 1.165) is 29.9 Å². The van der Waals surface area contributed by atoms with E-state index in [9.17, 15) is 25.0 Å². The zero-order valence-electron chi connectivity index (χ0n) is 17.9. The molecule has 0 bridgehead atoms. The predicted octanol–water partition coefficient (Wildman–Crippen LogP) is 3.82. The number of amides is 1. The summed E-state index contributed by atoms with van der Waals surface area (Å²) in [7, 11) is 0. The standard InChI is InChI=1S/C22H24N4O5/c1-5-9-25-14(2)10-17(16(25)4)11-18(12-23)22(28)31-13-21(27)24-19-7-6-8-20(15(19)3)26(29)30/h6-8,10-11H,5,9,13H2,1-4H3,(H,24,27)/b18-11+. The number of nitriles is 1. The van der Waals surface area contributed by atoms with Crippen LogP contribution in [0.25, 0.3) is 6.08 Å². The fourth-order valence-corrected chi connectivity index (χ4v) is 3.19. The van der Waals surface area contributed by atoms with E-state index in [4.69, 9.17) is 4.74 Å². The number of hydrogen-bond donors (Lipinski definition) is 1. The molecule has 0 saturated heterocycles. The molecule has 0 aliphatic heterocycles. The van der Waals surface area contributed by atoms with Gasteiger partial charge in [0.25, 0.3) is 11.6 Å². The Morgan fingerprint density at radius 2 is 2.03 bits per heavy atom. The molecule has 0 atom stereocenters. The number of nitro benzene ring substituents is 1. The van der Waals surface area contributed by atoms with Crippen molar-refractivity contribution in [3.63, 3.8) is 0 Å². The van der Waals surface area contributed by atoms with E-state index in [1.807, 2.05) is 26.0 Å². The number of benzene rings is 1. The smallest absolute Gasteiger partial charge is 0.349 e. The Labute approximate surface area is 180 Å². The molecule has 0 saturated carbocycles. The number of aryl methyl sites for hydroxylation is 1. The quantitative estimate of drug-likeness (QED) is 0.226. The summed E-state index contributed by atoms with van der Waals surface area (Å²) >= 11 is 0. The molecular weight excluding hydrogens is 400 g/mol. The lowest BCUT2D eigenvalue weighted by atomic mass is 10.1. The minimum absolute atomic E-state index is 0.134. The molecule has 0 unspecified atom stereocenters. The molecule has 2 aromatic rings. The number of nitro groups is 1. The molecule has 1 heterocycles. The highest BCUT2D eigenvalue weighted by Crippen LogP contribution is 2.25. The Hall–Kier alpha value is -3.93. The third-order valence-corrected chi connectivity index (χ3v) is 4.81. The van der Waals surface area contributed by atoms with Gasteiger partial charge in [-0.15, -0.1) is 0 Å². The fraction of sp³-hybridized carbons (Fsp3) is 0.318. The number of hydrogen-bond acceptors (Lipinski definition) is 6. The maximum absolute atomic E-state index is 12.3. The number of aromatic nitrogens is 1. The van der Waals surface area contributed by atoms with E-state index in [1.165, 1.54) is 31.2 Å². The van der Waals surface area contributed by atoms with Crippen LogP contribution in [-0.4, -0.2) is 28.0 Å². The molecule has 1 aromatic heterocycles. The van der Waals surface area contributed by atoms with Crippen LogP contribution in [0.2, 0.25) is 0 Å². The summed E-state index contributed by atoms with van der Waals surface area (Å²) in [5.74, 6) is -1.59. The second-order valence-corrected chi connectivity index (χ2v) is 6.98. The summed E-state index contributed by atoms with van der Waals surface area (Å²) in [6.07, 6.45) is 2.39. The van der Waals surface area contributed by atoms with Gasteiger partial charge in [0.05, 0.1) is 16.2 Å². The zero-order valence-corrected chi connectivity index (χ0v) is 17.9. The van der Waals surface area contributed by atoms with Gasteiger partial charge in [0, 0.05) is 24.0 Å². The van der Waals surface area contributed by atoms with Crippen LogP contribution in [0.3, 0.4) is 0 Å². The topological polar surface area (TPSA) is 127 Å². The molecule has 2 rings (SSSR count). The van der Waals surface area contributed by atoms with E-state index >= 15 is 0 Å². The molecule has 1 aromatic carbocycles. The van der Waals surface area contributed by atoms with Gasteiger partial charge in [-0.05, 0) is 51.0 Å². The Bertz CT molecular complexity index is 1090. The lowest BCUT2D eigenvalue weighted by Crippen LogP contribution is -2.22. The SMILES string of the molecule is CCCn1c(C)cc(/C=C(\C#N)C(=O)OCC(=O)Nc2cccc([N+](=O)[O-])c2C)c1C. The highest BCUT2D eigenvalue weighted by atomic mass is 16.6. The van der Waals surface area contributed by atoms with E-state index in [2.05, 4.69) is 16.8 Å². The van der Waals surface area contributed by atoms with Crippen LogP contribution < -0.4 is 5.32 Å². The lowest BCUT2D eigenvalue weighted by Gasteiger charge is -2.09. The van der Waals surface area contributed by atoms with Crippen LogP contribution in [0.5, 0.6) is 0 Å². The van der Waals surface area contributed by atoms with E-state index in [-0.39, 0.29) is 22.5 Å². The maximum Gasteiger partial charge on any atom is 0.349 e. The Kier molecular flexibility index (Phi) is 7.69. The van der Waals surface area contributed by atoms with Crippen molar-refractivity contribution in [1.29, 1.82) is 5.26 Å². The van der Waals surface area contributed by atoms with Crippen molar-refractivity contribution in [2.45, 2.75) is 40.7 Å². The van der Waals surface area contributed by atoms with Crippen molar-refractivity contribution in [3.8, 4) is 6.07 Å². The second kappa shape index (κ2) is 10.2. The summed E-state index contributed by atoms with van der Waals surface area (Å²) in [5, 5.41) is 22.8. The van der Waals surface area contributed by atoms with E-state index in [0.29, 0.717) is 0 Å². The molecule has 0 radical (unpaired) electrons. The van der Waals surface area contributed by atoms with Crippen molar-refractivity contribution >= 4 is 29.3 Å². The minimum Gasteiger partial charge on any atom is -0.451 e. The summed E-state index contributed by atoms with van der Waals surface area (Å²) in [6.45, 7) is 7.62. The van der Waals surface area contributed by atoms with Crippen molar-refractivity contribution in [3.05, 3.63) is 62.5 Å². The number of carbonyl (C=O) groups excluding carboxylic acids is 2. The monoisotopic (exact) mass is 424 g/mol. The number of nitrogens with zero attached hydrogens (tertiary/aromatic N) is 3. The normalized spacial score (nSPS) is 11.0. The molecule has 0 spiro atoms. The van der Waals surface area contributed by atoms with Gasteiger partial charge in [-0.1, -0.05) is 13.0 Å². The van der Waals surface area contributed by atoms with Gasteiger partial charge in [0.2, 0.25) is 0 Å². The third kappa shape index (κ3) is 5.57. The first-order chi connectivity index (χ1) is 14.7. The number of nitrogens with one attached hydrogen (secondary N) is 1. The van der Waals surface area contributed by atoms with Crippen LogP contribution in [0.15, 0.2) is 29.8 Å². The van der Waals surface area contributed by atoms with E-state index < -0.39 is 23.4 Å². The van der Waals surface area contributed by atoms with Crippen LogP contribution in [0.1, 0.15) is 35.9 Å². The minimum atomic E-state index is -0.922. The first-order valence-corrected chi connectivity index (χ1v) is 9.69. The number of anilines is 1. The van der Waals surface area contributed by atoms with E-state index in [1.54, 1.807) is 0 Å². The predicted molar refractivity (Wildman–Crippen MR) is 115 cm³/mol. The Balaban J connectivity index is 2.08. The fourth-order valence-electron chi connectivity index (χ4n) is 3.19. The molecule has 9 nitrogen and oxygen atoms in total. The van der Waals surface area contributed by atoms with Crippen LogP contribution in [0, 0.1) is 42.2 Å². The number of carbonyl (C=O) groups is 2. The molecule has 31 heavy (non-hydrogen) atoms. The molecule has 0 aliphatic rings. The van der Waals surface area contributed by atoms with Gasteiger partial charge in [0.1, 0.15) is 11.6 Å². The molecule has 0 aliphatic carbocycles. The number of ether oxygens (including phenoxy) is 1. The molecule has 1 N–H and O–H groups in total. The van der Waals surface area contributed by atoms with Gasteiger partial charge < -0.3 is 14.6 Å². The first-order valence-electron chi connectivity index (χ1n) is 9.69. The van der Waals surface area contributed by atoms with Gasteiger partial charge in [-0.2, -0.15) is 5.26 Å². The maximum atomic E-state index is 12.3.